The van der Waals surface area contributed by atoms with E-state index in [1.54, 1.807) is 0 Å². The van der Waals surface area contributed by atoms with E-state index in [0.29, 0.717) is 0 Å². The summed E-state index contributed by atoms with van der Waals surface area (Å²) < 4.78 is 8.81. The quantitative estimate of drug-likeness (QED) is 0.313. The summed E-state index contributed by atoms with van der Waals surface area (Å²) >= 11 is 16.6. The Morgan fingerprint density at radius 2 is 1.17 bits per heavy atom. The lowest BCUT2D eigenvalue weighted by Crippen LogP contribution is -1.72. The summed E-state index contributed by atoms with van der Waals surface area (Å²) in [4.78, 5) is 0. The monoisotopic (exact) mass is 576 g/mol. The van der Waals surface area contributed by atoms with E-state index in [1.165, 1.54) is 22.8 Å². The van der Waals surface area contributed by atoms with Crippen LogP contribution < -0.4 is 0 Å². The summed E-state index contributed by atoms with van der Waals surface area (Å²) in [6.07, 6.45) is 0. The van der Waals surface area contributed by atoms with Crippen molar-refractivity contribution in [2.75, 3.05) is 11.5 Å². The molecule has 0 nitrogen and oxygen atoms in total. The molecule has 0 aromatic carbocycles. The van der Waals surface area contributed by atoms with E-state index in [0.717, 1.165) is 11.5 Å². The Hall–Kier alpha value is 2.78. The van der Waals surface area contributed by atoms with Crippen LogP contribution >= 0.6 is 116 Å². The zero-order valence-electron chi connectivity index (χ0n) is 9.62. The Bertz CT molecular complexity index is 404. The minimum atomic E-state index is 1.16. The predicted octanol–water partition coefficient (Wildman–Crippen LogP) is 7.70. The lowest BCUT2D eigenvalue weighted by molar-refractivity contribution is 1.53. The van der Waals surface area contributed by atoms with Crippen molar-refractivity contribution in [1.82, 2.24) is 0 Å². The van der Waals surface area contributed by atoms with Crippen LogP contribution in [0, 0.1) is 0 Å². The molecule has 8 heteroatoms. The van der Waals surface area contributed by atoms with Gasteiger partial charge in [-0.15, -0.1) is 23.5 Å². The summed E-state index contributed by atoms with van der Waals surface area (Å²) in [6, 6.07) is 0. The molecular weight excluding hydrogens is 566 g/mol. The van der Waals surface area contributed by atoms with E-state index >= 15 is 0 Å². The van der Waals surface area contributed by atoms with E-state index in [-0.39, 0.29) is 0 Å². The first-order valence-electron chi connectivity index (χ1n) is 5.16. The summed E-state index contributed by atoms with van der Waals surface area (Å²) in [5.74, 6) is 2.32. The third-order valence-corrected chi connectivity index (χ3v) is 13.9. The summed E-state index contributed by atoms with van der Waals surface area (Å²) in [5, 5.41) is 0. The van der Waals surface area contributed by atoms with Crippen molar-refractivity contribution in [3.8, 4) is 0 Å². The van der Waals surface area contributed by atoms with Crippen molar-refractivity contribution in [3.63, 3.8) is 0 Å². The van der Waals surface area contributed by atoms with Crippen molar-refractivity contribution in [2.45, 2.75) is 13.8 Å². The van der Waals surface area contributed by atoms with Crippen LogP contribution in [0.25, 0.3) is 0 Å². The van der Waals surface area contributed by atoms with Gasteiger partial charge in [0.1, 0.15) is 0 Å². The molecular formula is C10H10I2S6. The fourth-order valence-corrected chi connectivity index (χ4v) is 11.9. The van der Waals surface area contributed by atoms with Gasteiger partial charge in [-0.3, -0.25) is 0 Å². The zero-order chi connectivity index (χ0) is 13.1. The Balaban J connectivity index is 2.11. The predicted molar refractivity (Wildman–Crippen MR) is 116 cm³/mol. The molecule has 2 aliphatic heterocycles. The highest BCUT2D eigenvalue weighted by atomic mass is 127. The summed E-state index contributed by atoms with van der Waals surface area (Å²) in [6.45, 7) is 4.46. The fraction of sp³-hybridized carbons (Fsp3) is 0.400. The SMILES string of the molecule is CCSC1=C(SCC)SC(=C2SC(I)=C(I)S2)S1. The largest absolute Gasteiger partial charge is 0.118 e. The van der Waals surface area contributed by atoms with Crippen LogP contribution in [-0.2, 0) is 0 Å². The molecule has 2 aliphatic rings. The van der Waals surface area contributed by atoms with Gasteiger partial charge in [0.15, 0.2) is 0 Å². The van der Waals surface area contributed by atoms with E-state index < -0.39 is 0 Å². The second kappa shape index (κ2) is 8.42. The zero-order valence-corrected chi connectivity index (χ0v) is 18.8. The second-order valence-corrected chi connectivity index (χ2v) is 14.3. The molecule has 0 N–H and O–H groups in total. The van der Waals surface area contributed by atoms with Gasteiger partial charge in [-0.25, -0.2) is 0 Å². The average Bonchev–Trinajstić information content (AvgIpc) is 2.86. The molecule has 18 heavy (non-hydrogen) atoms. The van der Waals surface area contributed by atoms with Gasteiger partial charge >= 0.3 is 0 Å². The van der Waals surface area contributed by atoms with Crippen LogP contribution in [0.1, 0.15) is 13.8 Å². The molecule has 0 aromatic rings. The molecule has 0 atom stereocenters. The van der Waals surface area contributed by atoms with Gasteiger partial charge in [-0.05, 0) is 56.7 Å². The minimum Gasteiger partial charge on any atom is -0.118 e. The lowest BCUT2D eigenvalue weighted by atomic mass is 11.0. The van der Waals surface area contributed by atoms with Crippen molar-refractivity contribution in [1.29, 1.82) is 0 Å². The highest BCUT2D eigenvalue weighted by molar-refractivity contribution is 14.1. The maximum atomic E-state index is 2.44. The fourth-order valence-electron chi connectivity index (χ4n) is 1.14. The molecule has 0 unspecified atom stereocenters. The smallest absolute Gasteiger partial charge is 0.0717 e. The third-order valence-electron chi connectivity index (χ3n) is 1.77. The number of rotatable bonds is 4. The number of halogens is 2. The Morgan fingerprint density at radius 1 is 0.778 bits per heavy atom. The number of thioether (sulfide) groups is 6. The van der Waals surface area contributed by atoms with Crippen LogP contribution in [0.3, 0.4) is 0 Å². The molecule has 0 fully saturated rings. The van der Waals surface area contributed by atoms with Crippen LogP contribution in [0.5, 0.6) is 0 Å². The van der Waals surface area contributed by atoms with Gasteiger partial charge in [0.2, 0.25) is 0 Å². The van der Waals surface area contributed by atoms with E-state index in [9.17, 15) is 0 Å². The van der Waals surface area contributed by atoms with E-state index in [2.05, 4.69) is 59.0 Å². The van der Waals surface area contributed by atoms with Gasteiger partial charge in [0.05, 0.1) is 22.8 Å². The number of hydrogen-bond acceptors (Lipinski definition) is 6. The lowest BCUT2D eigenvalue weighted by Gasteiger charge is -2.01. The molecule has 0 radical (unpaired) electrons. The highest BCUT2D eigenvalue weighted by Gasteiger charge is 2.28. The standard InChI is InChI=1S/C10H10I2S6/c1-3-13-7-8(14-4-2)18-10(17-7)9-15-5(11)6(12)16-9/h3-4H2,1-2H3. The number of hydrogen-bond donors (Lipinski definition) is 0. The summed E-state index contributed by atoms with van der Waals surface area (Å²) in [7, 11) is 0. The molecule has 0 amide bonds. The first-order valence-corrected chi connectivity index (χ1v) is 12.6. The molecule has 0 saturated heterocycles. The first-order chi connectivity index (χ1) is 8.65. The van der Waals surface area contributed by atoms with Crippen molar-refractivity contribution < 1.29 is 0 Å². The highest BCUT2D eigenvalue weighted by Crippen LogP contribution is 2.65. The Labute approximate surface area is 161 Å². The van der Waals surface area contributed by atoms with Crippen LogP contribution in [-0.4, -0.2) is 11.5 Å². The van der Waals surface area contributed by atoms with E-state index in [1.807, 2.05) is 70.6 Å². The van der Waals surface area contributed by atoms with Gasteiger partial charge in [0, 0.05) is 0 Å². The molecule has 0 spiro atoms. The molecule has 2 rings (SSSR count). The molecule has 0 aromatic heterocycles. The van der Waals surface area contributed by atoms with Gasteiger partial charge in [-0.1, -0.05) is 60.9 Å². The third kappa shape index (κ3) is 4.39. The Morgan fingerprint density at radius 3 is 1.56 bits per heavy atom. The molecule has 100 valence electrons. The molecule has 0 saturated carbocycles. The molecule has 2 heterocycles. The van der Waals surface area contributed by atoms with Gasteiger partial charge in [-0.2, -0.15) is 0 Å². The molecule has 0 bridgehead atoms. The van der Waals surface area contributed by atoms with Crippen molar-refractivity contribution >= 4 is 116 Å². The topological polar surface area (TPSA) is 0 Å². The summed E-state index contributed by atoms with van der Waals surface area (Å²) in [5.41, 5.74) is 0. The van der Waals surface area contributed by atoms with Crippen LogP contribution in [0.4, 0.5) is 0 Å². The van der Waals surface area contributed by atoms with Gasteiger partial charge in [0.25, 0.3) is 0 Å². The average molecular weight is 576 g/mol. The van der Waals surface area contributed by atoms with E-state index in [4.69, 9.17) is 0 Å². The van der Waals surface area contributed by atoms with Crippen molar-refractivity contribution in [2.24, 2.45) is 0 Å². The van der Waals surface area contributed by atoms with Crippen LogP contribution in [0.15, 0.2) is 22.8 Å². The van der Waals surface area contributed by atoms with Gasteiger partial charge < -0.3 is 0 Å². The first kappa shape index (κ1) is 17.1. The minimum absolute atomic E-state index is 1.16. The molecule has 0 aliphatic carbocycles. The normalized spacial score (nSPS) is 20.7. The second-order valence-electron chi connectivity index (χ2n) is 2.97. The maximum Gasteiger partial charge on any atom is 0.0717 e. The Kier molecular flexibility index (Phi) is 8.02. The van der Waals surface area contributed by atoms with Crippen molar-refractivity contribution in [3.05, 3.63) is 22.8 Å². The van der Waals surface area contributed by atoms with Crippen LogP contribution in [0.2, 0.25) is 0 Å². The maximum absolute atomic E-state index is 2.44.